The summed E-state index contributed by atoms with van der Waals surface area (Å²) < 4.78 is 18.6. The molecule has 1 aliphatic rings. The second kappa shape index (κ2) is 5.26. The number of amides is 1. The highest BCUT2D eigenvalue weighted by Gasteiger charge is 2.38. The highest BCUT2D eigenvalue weighted by molar-refractivity contribution is 5.99. The quantitative estimate of drug-likeness (QED) is 0.846. The maximum atomic E-state index is 13.7. The molecule has 2 N–H and O–H groups in total. The van der Waals surface area contributed by atoms with E-state index in [0.29, 0.717) is 0 Å². The van der Waals surface area contributed by atoms with Crippen LogP contribution in [-0.2, 0) is 4.79 Å². The number of halogens is 1. The molecule has 1 aromatic rings. The maximum Gasteiger partial charge on any atom is 0.326 e. The molecule has 102 valence electrons. The van der Waals surface area contributed by atoms with Crippen LogP contribution in [0.5, 0.6) is 5.75 Å². The van der Waals surface area contributed by atoms with Crippen LogP contribution in [0, 0.1) is 11.7 Å². The number of hydrogen-bond acceptors (Lipinski definition) is 3. The number of carboxylic acids is 1. The Labute approximate surface area is 109 Å². The van der Waals surface area contributed by atoms with E-state index in [1.54, 1.807) is 0 Å². The number of ether oxygens (including phenoxy) is 1. The van der Waals surface area contributed by atoms with E-state index in [-0.39, 0.29) is 17.2 Å². The Morgan fingerprint density at radius 1 is 1.47 bits per heavy atom. The molecule has 0 aliphatic heterocycles. The zero-order valence-corrected chi connectivity index (χ0v) is 10.4. The fourth-order valence-corrected chi connectivity index (χ4v) is 1.92. The van der Waals surface area contributed by atoms with E-state index in [1.807, 2.05) is 0 Å². The second-order valence-corrected chi connectivity index (χ2v) is 4.44. The van der Waals surface area contributed by atoms with Crippen LogP contribution in [0.2, 0.25) is 0 Å². The number of rotatable bonds is 5. The lowest BCUT2D eigenvalue weighted by molar-refractivity contribution is -0.139. The Balaban J connectivity index is 2.22. The first-order valence-electron chi connectivity index (χ1n) is 5.90. The van der Waals surface area contributed by atoms with Gasteiger partial charge >= 0.3 is 5.97 Å². The molecule has 19 heavy (non-hydrogen) atoms. The van der Waals surface area contributed by atoms with E-state index in [4.69, 9.17) is 9.84 Å². The third-order valence-corrected chi connectivity index (χ3v) is 3.07. The minimum atomic E-state index is -1.11. The molecule has 0 saturated heterocycles. The molecule has 0 heterocycles. The van der Waals surface area contributed by atoms with E-state index >= 15 is 0 Å². The maximum absolute atomic E-state index is 13.7. The van der Waals surface area contributed by atoms with Gasteiger partial charge in [0.25, 0.3) is 5.91 Å². The van der Waals surface area contributed by atoms with Crippen LogP contribution in [0.15, 0.2) is 18.2 Å². The van der Waals surface area contributed by atoms with Gasteiger partial charge in [-0.2, -0.15) is 0 Å². The number of carbonyl (C=O) groups is 2. The number of methoxy groups -OCH3 is 1. The smallest absolute Gasteiger partial charge is 0.326 e. The van der Waals surface area contributed by atoms with Crippen molar-refractivity contribution in [2.24, 2.45) is 5.92 Å². The molecule has 1 saturated carbocycles. The highest BCUT2D eigenvalue weighted by atomic mass is 19.1. The van der Waals surface area contributed by atoms with Crippen LogP contribution in [0.1, 0.15) is 23.2 Å². The van der Waals surface area contributed by atoms with Crippen molar-refractivity contribution in [1.29, 1.82) is 0 Å². The molecule has 2 rings (SSSR count). The van der Waals surface area contributed by atoms with Gasteiger partial charge in [0.05, 0.1) is 7.11 Å². The van der Waals surface area contributed by atoms with Crippen molar-refractivity contribution in [3.05, 3.63) is 29.6 Å². The Hall–Kier alpha value is -2.11. The van der Waals surface area contributed by atoms with E-state index in [0.717, 1.165) is 18.9 Å². The minimum Gasteiger partial charge on any atom is -0.496 e. The summed E-state index contributed by atoms with van der Waals surface area (Å²) in [5.74, 6) is -2.60. The molecule has 1 amide bonds. The summed E-state index contributed by atoms with van der Waals surface area (Å²) >= 11 is 0. The summed E-state index contributed by atoms with van der Waals surface area (Å²) in [4.78, 5) is 23.0. The third kappa shape index (κ3) is 2.83. The van der Waals surface area contributed by atoms with Crippen molar-refractivity contribution >= 4 is 11.9 Å². The Kier molecular flexibility index (Phi) is 3.69. The topological polar surface area (TPSA) is 75.6 Å². The number of hydrogen-bond donors (Lipinski definition) is 2. The summed E-state index contributed by atoms with van der Waals surface area (Å²) in [5.41, 5.74) is -0.267. The molecular formula is C13H14FNO4. The van der Waals surface area contributed by atoms with Gasteiger partial charge in [-0.15, -0.1) is 0 Å². The van der Waals surface area contributed by atoms with Gasteiger partial charge in [0, 0.05) is 0 Å². The summed E-state index contributed by atoms with van der Waals surface area (Å²) in [6, 6.07) is 3.02. The van der Waals surface area contributed by atoms with Crippen molar-refractivity contribution in [2.45, 2.75) is 18.9 Å². The lowest BCUT2D eigenvalue weighted by Gasteiger charge is -2.15. The van der Waals surface area contributed by atoms with E-state index in [9.17, 15) is 14.0 Å². The first-order chi connectivity index (χ1) is 9.04. The van der Waals surface area contributed by atoms with Gasteiger partial charge in [-0.1, -0.05) is 6.07 Å². The normalized spacial score (nSPS) is 15.7. The number of carboxylic acid groups (broad SMARTS) is 1. The molecule has 1 aromatic carbocycles. The molecule has 1 aliphatic carbocycles. The predicted octanol–water partition coefficient (Wildman–Crippen LogP) is 1.43. The van der Waals surface area contributed by atoms with Gasteiger partial charge in [-0.25, -0.2) is 9.18 Å². The standard InChI is InChI=1S/C13H14FNO4/c1-19-9-4-2-3-8(14)10(9)12(16)15-11(13(17)18)7-5-6-7/h2-4,7,11H,5-6H2,1H3,(H,15,16)(H,17,18). The molecule has 1 fully saturated rings. The second-order valence-electron chi connectivity index (χ2n) is 4.44. The van der Waals surface area contributed by atoms with E-state index < -0.39 is 23.7 Å². The van der Waals surface area contributed by atoms with Gasteiger partial charge in [0.2, 0.25) is 0 Å². The Bertz CT molecular complexity index is 513. The average Bonchev–Trinajstić information content (AvgIpc) is 3.19. The van der Waals surface area contributed by atoms with Crippen LogP contribution >= 0.6 is 0 Å². The number of nitrogens with one attached hydrogen (secondary N) is 1. The van der Waals surface area contributed by atoms with Crippen molar-refractivity contribution in [2.75, 3.05) is 7.11 Å². The largest absolute Gasteiger partial charge is 0.496 e. The molecule has 0 aromatic heterocycles. The summed E-state index contributed by atoms with van der Waals surface area (Å²) in [7, 11) is 1.32. The summed E-state index contributed by atoms with van der Waals surface area (Å²) in [6.45, 7) is 0. The van der Waals surface area contributed by atoms with Crippen LogP contribution in [-0.4, -0.2) is 30.1 Å². The lowest BCUT2D eigenvalue weighted by atomic mass is 10.1. The molecule has 1 unspecified atom stereocenters. The van der Waals surface area contributed by atoms with E-state index in [2.05, 4.69) is 5.32 Å². The first kappa shape index (κ1) is 13.3. The van der Waals surface area contributed by atoms with E-state index in [1.165, 1.54) is 19.2 Å². The average molecular weight is 267 g/mol. The molecule has 0 spiro atoms. The molecule has 6 heteroatoms. The number of carbonyl (C=O) groups excluding carboxylic acids is 1. The van der Waals surface area contributed by atoms with Crippen LogP contribution in [0.25, 0.3) is 0 Å². The van der Waals surface area contributed by atoms with Crippen molar-refractivity contribution < 1.29 is 23.8 Å². The predicted molar refractivity (Wildman–Crippen MR) is 64.6 cm³/mol. The molecular weight excluding hydrogens is 253 g/mol. The van der Waals surface area contributed by atoms with Gasteiger partial charge in [-0.05, 0) is 30.9 Å². The number of benzene rings is 1. The monoisotopic (exact) mass is 267 g/mol. The molecule has 0 radical (unpaired) electrons. The van der Waals surface area contributed by atoms with Gasteiger partial charge in [0.15, 0.2) is 0 Å². The third-order valence-electron chi connectivity index (χ3n) is 3.07. The van der Waals surface area contributed by atoms with Crippen molar-refractivity contribution in [3.8, 4) is 5.75 Å². The minimum absolute atomic E-state index is 0.0702. The van der Waals surface area contributed by atoms with Gasteiger partial charge in [-0.3, -0.25) is 4.79 Å². The highest BCUT2D eigenvalue weighted by Crippen LogP contribution is 2.33. The van der Waals surface area contributed by atoms with Gasteiger partial charge < -0.3 is 15.2 Å². The Morgan fingerprint density at radius 3 is 2.68 bits per heavy atom. The number of aliphatic carboxylic acids is 1. The fourth-order valence-electron chi connectivity index (χ4n) is 1.92. The van der Waals surface area contributed by atoms with Crippen LogP contribution < -0.4 is 10.1 Å². The lowest BCUT2D eigenvalue weighted by Crippen LogP contribution is -2.42. The Morgan fingerprint density at radius 2 is 2.16 bits per heavy atom. The summed E-state index contributed by atoms with van der Waals surface area (Å²) in [5, 5.41) is 11.4. The van der Waals surface area contributed by atoms with Crippen LogP contribution in [0.4, 0.5) is 4.39 Å². The molecule has 5 nitrogen and oxygen atoms in total. The fraction of sp³-hybridized carbons (Fsp3) is 0.385. The van der Waals surface area contributed by atoms with Gasteiger partial charge in [0.1, 0.15) is 23.2 Å². The van der Waals surface area contributed by atoms with Crippen LogP contribution in [0.3, 0.4) is 0 Å². The molecule has 0 bridgehead atoms. The molecule has 1 atom stereocenters. The zero-order chi connectivity index (χ0) is 14.0. The first-order valence-corrected chi connectivity index (χ1v) is 5.90. The SMILES string of the molecule is COc1cccc(F)c1C(=O)NC(C(=O)O)C1CC1. The summed E-state index contributed by atoms with van der Waals surface area (Å²) in [6.07, 6.45) is 1.51. The zero-order valence-electron chi connectivity index (χ0n) is 10.4. The van der Waals surface area contributed by atoms with Crippen molar-refractivity contribution in [3.63, 3.8) is 0 Å². The van der Waals surface area contributed by atoms with Crippen molar-refractivity contribution in [1.82, 2.24) is 5.32 Å².